The van der Waals surface area contributed by atoms with Crippen LogP contribution in [0.3, 0.4) is 0 Å². The molecule has 1 N–H and O–H groups in total. The molecule has 0 amide bonds. The molecule has 0 saturated carbocycles. The number of likely N-dealkylation sites (tertiary alicyclic amines) is 1. The van der Waals surface area contributed by atoms with Crippen LogP contribution in [0.1, 0.15) is 30.0 Å². The Morgan fingerprint density at radius 3 is 2.89 bits per heavy atom. The Bertz CT molecular complexity index is 455. The van der Waals surface area contributed by atoms with E-state index in [0.29, 0.717) is 0 Å². The van der Waals surface area contributed by atoms with Gasteiger partial charge in [0.2, 0.25) is 0 Å². The quantitative estimate of drug-likeness (QED) is 0.897. The van der Waals surface area contributed by atoms with Crippen LogP contribution in [0.15, 0.2) is 18.2 Å². The maximum absolute atomic E-state index is 3.57. The Balaban J connectivity index is 1.77. The minimum atomic E-state index is 0.778. The molecule has 0 spiro atoms. The number of benzene rings is 1. The second-order valence-corrected chi connectivity index (χ2v) is 6.42. The van der Waals surface area contributed by atoms with E-state index in [0.717, 1.165) is 24.4 Å². The van der Waals surface area contributed by atoms with Gasteiger partial charge in [0.25, 0.3) is 0 Å². The van der Waals surface area contributed by atoms with Crippen LogP contribution >= 0.6 is 0 Å². The molecule has 2 aliphatic heterocycles. The van der Waals surface area contributed by atoms with Crippen molar-refractivity contribution >= 4 is 0 Å². The van der Waals surface area contributed by atoms with Crippen LogP contribution in [0.4, 0.5) is 0 Å². The maximum Gasteiger partial charge on any atom is 0.0239 e. The van der Waals surface area contributed by atoms with Gasteiger partial charge in [0.1, 0.15) is 0 Å². The number of hydrogen-bond acceptors (Lipinski definition) is 2. The lowest BCUT2D eigenvalue weighted by atomic mass is 9.93. The number of hydrogen-bond donors (Lipinski definition) is 1. The summed E-state index contributed by atoms with van der Waals surface area (Å²) >= 11 is 0. The van der Waals surface area contributed by atoms with E-state index in [1.54, 1.807) is 0 Å². The zero-order valence-electron chi connectivity index (χ0n) is 12.4. The second kappa shape index (κ2) is 5.26. The highest BCUT2D eigenvalue weighted by molar-refractivity contribution is 5.30. The maximum atomic E-state index is 3.57. The van der Waals surface area contributed by atoms with Crippen molar-refractivity contribution in [2.45, 2.75) is 39.8 Å². The van der Waals surface area contributed by atoms with Crippen molar-refractivity contribution in [2.24, 2.45) is 11.8 Å². The van der Waals surface area contributed by atoms with Gasteiger partial charge >= 0.3 is 0 Å². The van der Waals surface area contributed by atoms with Gasteiger partial charge in [-0.25, -0.2) is 0 Å². The topological polar surface area (TPSA) is 15.3 Å². The first-order valence-electron chi connectivity index (χ1n) is 7.70. The Morgan fingerprint density at radius 2 is 2.11 bits per heavy atom. The lowest BCUT2D eigenvalue weighted by molar-refractivity contribution is 0.210. The third-order valence-electron chi connectivity index (χ3n) is 5.12. The molecule has 2 saturated heterocycles. The van der Waals surface area contributed by atoms with Crippen molar-refractivity contribution in [1.29, 1.82) is 0 Å². The van der Waals surface area contributed by atoms with Gasteiger partial charge in [-0.15, -0.1) is 0 Å². The summed E-state index contributed by atoms with van der Waals surface area (Å²) in [6.45, 7) is 11.7. The normalized spacial score (nSPS) is 30.8. The molecule has 3 rings (SSSR count). The van der Waals surface area contributed by atoms with E-state index in [1.807, 2.05) is 0 Å². The van der Waals surface area contributed by atoms with Crippen molar-refractivity contribution in [3.8, 4) is 0 Å². The number of aryl methyl sites for hydroxylation is 2. The molecular weight excluding hydrogens is 232 g/mol. The highest BCUT2D eigenvalue weighted by Gasteiger charge is 2.42. The van der Waals surface area contributed by atoms with Crippen molar-refractivity contribution in [3.05, 3.63) is 34.9 Å². The van der Waals surface area contributed by atoms with Crippen LogP contribution in [-0.4, -0.2) is 30.6 Å². The minimum absolute atomic E-state index is 0.778. The molecule has 2 fully saturated rings. The largest absolute Gasteiger partial charge is 0.316 e. The van der Waals surface area contributed by atoms with Crippen LogP contribution in [0, 0.1) is 25.7 Å². The summed E-state index contributed by atoms with van der Waals surface area (Å²) in [4.78, 5) is 2.73. The molecule has 0 aromatic heterocycles. The second-order valence-electron chi connectivity index (χ2n) is 6.42. The molecule has 0 radical (unpaired) electrons. The Labute approximate surface area is 117 Å². The van der Waals surface area contributed by atoms with Gasteiger partial charge in [-0.05, 0) is 56.3 Å². The zero-order valence-corrected chi connectivity index (χ0v) is 12.4. The zero-order chi connectivity index (χ0) is 13.4. The summed E-state index contributed by atoms with van der Waals surface area (Å²) in [5.74, 6) is 1.77. The SMILES string of the molecule is CCC1C2CNCC2CN1Cc1cc(C)ccc1C. The summed E-state index contributed by atoms with van der Waals surface area (Å²) in [6, 6.07) is 7.64. The van der Waals surface area contributed by atoms with E-state index in [2.05, 4.69) is 49.2 Å². The average molecular weight is 258 g/mol. The standard InChI is InChI=1S/C17H26N2/c1-4-17-16-9-18-8-15(16)11-19(17)10-14-7-12(2)5-6-13(14)3/h5-7,15-18H,4,8-11H2,1-3H3. The van der Waals surface area contributed by atoms with Crippen LogP contribution in [-0.2, 0) is 6.54 Å². The van der Waals surface area contributed by atoms with Gasteiger partial charge in [0, 0.05) is 19.1 Å². The van der Waals surface area contributed by atoms with E-state index >= 15 is 0 Å². The fourth-order valence-corrected chi connectivity index (χ4v) is 4.04. The van der Waals surface area contributed by atoms with E-state index in [1.165, 1.54) is 42.7 Å². The first-order valence-corrected chi connectivity index (χ1v) is 7.70. The van der Waals surface area contributed by atoms with Gasteiger partial charge in [-0.2, -0.15) is 0 Å². The third kappa shape index (κ3) is 2.44. The van der Waals surface area contributed by atoms with Crippen LogP contribution in [0.5, 0.6) is 0 Å². The first kappa shape index (κ1) is 13.1. The molecule has 2 aliphatic rings. The van der Waals surface area contributed by atoms with Crippen molar-refractivity contribution in [2.75, 3.05) is 19.6 Å². The minimum Gasteiger partial charge on any atom is -0.316 e. The molecular formula is C17H26N2. The van der Waals surface area contributed by atoms with Crippen LogP contribution < -0.4 is 5.32 Å². The fourth-order valence-electron chi connectivity index (χ4n) is 4.04. The number of rotatable bonds is 3. The molecule has 2 heteroatoms. The lowest BCUT2D eigenvalue weighted by Crippen LogP contribution is -2.34. The number of nitrogens with one attached hydrogen (secondary N) is 1. The smallest absolute Gasteiger partial charge is 0.0239 e. The Kier molecular flexibility index (Phi) is 3.64. The molecule has 104 valence electrons. The van der Waals surface area contributed by atoms with Crippen molar-refractivity contribution in [3.63, 3.8) is 0 Å². The van der Waals surface area contributed by atoms with Crippen molar-refractivity contribution in [1.82, 2.24) is 10.2 Å². The predicted octanol–water partition coefficient (Wildman–Crippen LogP) is 2.73. The molecule has 2 nitrogen and oxygen atoms in total. The van der Waals surface area contributed by atoms with E-state index in [4.69, 9.17) is 0 Å². The Hall–Kier alpha value is -0.860. The van der Waals surface area contributed by atoms with Gasteiger partial charge < -0.3 is 5.32 Å². The molecule has 3 unspecified atom stereocenters. The summed E-state index contributed by atoms with van der Waals surface area (Å²) in [7, 11) is 0. The summed E-state index contributed by atoms with van der Waals surface area (Å²) in [5.41, 5.74) is 4.34. The van der Waals surface area contributed by atoms with Crippen molar-refractivity contribution < 1.29 is 0 Å². The average Bonchev–Trinajstić information content (AvgIpc) is 2.94. The van der Waals surface area contributed by atoms with E-state index < -0.39 is 0 Å². The Morgan fingerprint density at radius 1 is 1.26 bits per heavy atom. The monoisotopic (exact) mass is 258 g/mol. The predicted molar refractivity (Wildman–Crippen MR) is 80.3 cm³/mol. The highest BCUT2D eigenvalue weighted by atomic mass is 15.2. The molecule has 3 atom stereocenters. The van der Waals surface area contributed by atoms with Crippen LogP contribution in [0.2, 0.25) is 0 Å². The third-order valence-corrected chi connectivity index (χ3v) is 5.12. The summed E-state index contributed by atoms with van der Waals surface area (Å²) < 4.78 is 0. The fraction of sp³-hybridized carbons (Fsp3) is 0.647. The number of fused-ring (bicyclic) bond motifs is 1. The highest BCUT2D eigenvalue weighted by Crippen LogP contribution is 2.35. The van der Waals surface area contributed by atoms with Crippen LogP contribution in [0.25, 0.3) is 0 Å². The van der Waals surface area contributed by atoms with E-state index in [9.17, 15) is 0 Å². The molecule has 1 aromatic rings. The number of nitrogens with zero attached hydrogens (tertiary/aromatic N) is 1. The van der Waals surface area contributed by atoms with E-state index in [-0.39, 0.29) is 0 Å². The summed E-state index contributed by atoms with van der Waals surface area (Å²) in [6.07, 6.45) is 1.29. The molecule has 2 heterocycles. The first-order chi connectivity index (χ1) is 9.19. The lowest BCUT2D eigenvalue weighted by Gasteiger charge is -2.27. The molecule has 19 heavy (non-hydrogen) atoms. The molecule has 1 aromatic carbocycles. The summed E-state index contributed by atoms with van der Waals surface area (Å²) in [5, 5.41) is 3.57. The van der Waals surface area contributed by atoms with Gasteiger partial charge in [-0.1, -0.05) is 30.7 Å². The molecule has 0 aliphatic carbocycles. The van der Waals surface area contributed by atoms with Gasteiger partial charge in [0.15, 0.2) is 0 Å². The van der Waals surface area contributed by atoms with Gasteiger partial charge in [-0.3, -0.25) is 4.90 Å². The van der Waals surface area contributed by atoms with Gasteiger partial charge in [0.05, 0.1) is 0 Å². The molecule has 0 bridgehead atoms.